The van der Waals surface area contributed by atoms with E-state index in [1.165, 1.54) is 0 Å². The highest BCUT2D eigenvalue weighted by Gasteiger charge is 2.01. The SMILES string of the molecule is CCC(Cl)CCNCc1ccncc1Cl. The smallest absolute Gasteiger partial charge is 0.0634 e. The standard InChI is InChI=1S/C11H16Cl2N2/c1-2-10(12)4-6-14-7-9-3-5-15-8-11(9)13/h3,5,8,10,14H,2,4,6-7H2,1H3. The summed E-state index contributed by atoms with van der Waals surface area (Å²) in [4.78, 5) is 3.93. The van der Waals surface area contributed by atoms with E-state index in [4.69, 9.17) is 23.2 Å². The number of nitrogens with one attached hydrogen (secondary N) is 1. The fraction of sp³-hybridized carbons (Fsp3) is 0.545. The van der Waals surface area contributed by atoms with Crippen LogP contribution in [0.15, 0.2) is 18.5 Å². The Labute approximate surface area is 101 Å². The predicted octanol–water partition coefficient (Wildman–Crippen LogP) is 3.23. The van der Waals surface area contributed by atoms with E-state index < -0.39 is 0 Å². The summed E-state index contributed by atoms with van der Waals surface area (Å²) in [5, 5.41) is 4.29. The maximum absolute atomic E-state index is 6.00. The maximum Gasteiger partial charge on any atom is 0.0634 e. The quantitative estimate of drug-likeness (QED) is 0.616. The number of aromatic nitrogens is 1. The minimum Gasteiger partial charge on any atom is -0.313 e. The zero-order chi connectivity index (χ0) is 11.1. The summed E-state index contributed by atoms with van der Waals surface area (Å²) in [7, 11) is 0. The van der Waals surface area contributed by atoms with Crippen LogP contribution in [-0.2, 0) is 6.54 Å². The van der Waals surface area contributed by atoms with Gasteiger partial charge in [-0.2, -0.15) is 0 Å². The molecule has 0 aliphatic rings. The van der Waals surface area contributed by atoms with Gasteiger partial charge in [-0.15, -0.1) is 11.6 Å². The third-order valence-corrected chi connectivity index (χ3v) is 3.12. The highest BCUT2D eigenvalue weighted by Crippen LogP contribution is 2.12. The number of rotatable bonds is 6. The fourth-order valence-corrected chi connectivity index (χ4v) is 1.53. The first-order valence-electron chi connectivity index (χ1n) is 5.17. The Morgan fingerprint density at radius 2 is 2.33 bits per heavy atom. The molecule has 0 aliphatic carbocycles. The normalized spacial score (nSPS) is 12.7. The lowest BCUT2D eigenvalue weighted by Gasteiger charge is -2.08. The molecule has 15 heavy (non-hydrogen) atoms. The Kier molecular flexibility index (Phi) is 5.99. The average Bonchev–Trinajstić information content (AvgIpc) is 2.26. The highest BCUT2D eigenvalue weighted by atomic mass is 35.5. The van der Waals surface area contributed by atoms with Crippen LogP contribution < -0.4 is 5.32 Å². The Balaban J connectivity index is 2.23. The molecular formula is C11H16Cl2N2. The van der Waals surface area contributed by atoms with Gasteiger partial charge in [-0.25, -0.2) is 0 Å². The molecule has 1 aromatic heterocycles. The molecule has 1 N–H and O–H groups in total. The Bertz CT molecular complexity index is 292. The largest absolute Gasteiger partial charge is 0.313 e. The molecular weight excluding hydrogens is 231 g/mol. The summed E-state index contributed by atoms with van der Waals surface area (Å²) in [5.41, 5.74) is 1.08. The lowest BCUT2D eigenvalue weighted by atomic mass is 10.2. The second-order valence-electron chi connectivity index (χ2n) is 3.44. The van der Waals surface area contributed by atoms with E-state index >= 15 is 0 Å². The number of hydrogen-bond donors (Lipinski definition) is 1. The van der Waals surface area contributed by atoms with Crippen LogP contribution in [0.2, 0.25) is 5.02 Å². The summed E-state index contributed by atoms with van der Waals surface area (Å²) in [6, 6.07) is 1.92. The molecule has 1 aromatic rings. The van der Waals surface area contributed by atoms with E-state index in [1.807, 2.05) is 6.07 Å². The number of alkyl halides is 1. The number of halogens is 2. The van der Waals surface area contributed by atoms with Crippen molar-refractivity contribution in [3.8, 4) is 0 Å². The van der Waals surface area contributed by atoms with Crippen LogP contribution in [0.1, 0.15) is 25.3 Å². The van der Waals surface area contributed by atoms with Gasteiger partial charge in [-0.1, -0.05) is 18.5 Å². The molecule has 0 amide bonds. The first kappa shape index (κ1) is 12.8. The summed E-state index contributed by atoms with van der Waals surface area (Å²) in [6.45, 7) is 3.78. The first-order chi connectivity index (χ1) is 7.24. The van der Waals surface area contributed by atoms with Crippen LogP contribution in [0, 0.1) is 0 Å². The average molecular weight is 247 g/mol. The molecule has 0 aromatic carbocycles. The van der Waals surface area contributed by atoms with E-state index in [9.17, 15) is 0 Å². The van der Waals surface area contributed by atoms with E-state index in [-0.39, 0.29) is 5.38 Å². The molecule has 84 valence electrons. The van der Waals surface area contributed by atoms with Crippen molar-refractivity contribution in [2.24, 2.45) is 0 Å². The van der Waals surface area contributed by atoms with Gasteiger partial charge in [-0.3, -0.25) is 4.98 Å². The van der Waals surface area contributed by atoms with Gasteiger partial charge in [-0.05, 0) is 31.0 Å². The topological polar surface area (TPSA) is 24.9 Å². The molecule has 0 radical (unpaired) electrons. The van der Waals surface area contributed by atoms with Crippen molar-refractivity contribution in [3.05, 3.63) is 29.0 Å². The van der Waals surface area contributed by atoms with Crippen molar-refractivity contribution in [3.63, 3.8) is 0 Å². The summed E-state index contributed by atoms with van der Waals surface area (Å²) in [6.07, 6.45) is 5.41. The molecule has 0 fully saturated rings. The number of hydrogen-bond acceptors (Lipinski definition) is 2. The van der Waals surface area contributed by atoms with Crippen LogP contribution in [0.25, 0.3) is 0 Å². The molecule has 1 rings (SSSR count). The minimum atomic E-state index is 0.269. The van der Waals surface area contributed by atoms with Crippen LogP contribution in [0.4, 0.5) is 0 Å². The van der Waals surface area contributed by atoms with Gasteiger partial charge in [0.25, 0.3) is 0 Å². The summed E-state index contributed by atoms with van der Waals surface area (Å²) >= 11 is 12.0. The van der Waals surface area contributed by atoms with Crippen molar-refractivity contribution in [1.82, 2.24) is 10.3 Å². The molecule has 0 saturated carbocycles. The zero-order valence-electron chi connectivity index (χ0n) is 8.84. The van der Waals surface area contributed by atoms with Crippen LogP contribution in [0.3, 0.4) is 0 Å². The van der Waals surface area contributed by atoms with E-state index in [0.29, 0.717) is 5.02 Å². The van der Waals surface area contributed by atoms with Gasteiger partial charge in [0, 0.05) is 24.3 Å². The fourth-order valence-electron chi connectivity index (χ4n) is 1.23. The second kappa shape index (κ2) is 7.04. The van der Waals surface area contributed by atoms with Crippen molar-refractivity contribution in [1.29, 1.82) is 0 Å². The maximum atomic E-state index is 6.00. The molecule has 0 spiro atoms. The molecule has 1 heterocycles. The summed E-state index contributed by atoms with van der Waals surface area (Å²) in [5.74, 6) is 0. The van der Waals surface area contributed by atoms with Crippen LogP contribution in [0.5, 0.6) is 0 Å². The van der Waals surface area contributed by atoms with Gasteiger partial charge in [0.15, 0.2) is 0 Å². The van der Waals surface area contributed by atoms with E-state index in [1.54, 1.807) is 12.4 Å². The summed E-state index contributed by atoms with van der Waals surface area (Å²) < 4.78 is 0. The van der Waals surface area contributed by atoms with Crippen molar-refractivity contribution < 1.29 is 0 Å². The molecule has 0 saturated heterocycles. The number of nitrogens with zero attached hydrogens (tertiary/aromatic N) is 1. The highest BCUT2D eigenvalue weighted by molar-refractivity contribution is 6.31. The molecule has 2 nitrogen and oxygen atoms in total. The zero-order valence-corrected chi connectivity index (χ0v) is 10.4. The third kappa shape index (κ3) is 4.83. The molecule has 0 bridgehead atoms. The van der Waals surface area contributed by atoms with Crippen molar-refractivity contribution in [2.75, 3.05) is 6.54 Å². The lowest BCUT2D eigenvalue weighted by molar-refractivity contribution is 0.621. The molecule has 1 unspecified atom stereocenters. The van der Waals surface area contributed by atoms with Gasteiger partial charge in [0.05, 0.1) is 5.02 Å². The molecule has 4 heteroatoms. The Hall–Kier alpha value is -0.310. The van der Waals surface area contributed by atoms with Crippen molar-refractivity contribution in [2.45, 2.75) is 31.7 Å². The monoisotopic (exact) mass is 246 g/mol. The van der Waals surface area contributed by atoms with Crippen LogP contribution >= 0.6 is 23.2 Å². The van der Waals surface area contributed by atoms with Crippen LogP contribution in [-0.4, -0.2) is 16.9 Å². The third-order valence-electron chi connectivity index (χ3n) is 2.25. The number of pyridine rings is 1. The van der Waals surface area contributed by atoms with E-state index in [0.717, 1.165) is 31.5 Å². The lowest BCUT2D eigenvalue weighted by Crippen LogP contribution is -2.18. The Morgan fingerprint density at radius 3 is 3.00 bits per heavy atom. The molecule has 1 atom stereocenters. The van der Waals surface area contributed by atoms with Gasteiger partial charge in [0.2, 0.25) is 0 Å². The van der Waals surface area contributed by atoms with Gasteiger partial charge in [0.1, 0.15) is 0 Å². The first-order valence-corrected chi connectivity index (χ1v) is 5.98. The van der Waals surface area contributed by atoms with Crippen molar-refractivity contribution >= 4 is 23.2 Å². The molecule has 0 aliphatic heterocycles. The minimum absolute atomic E-state index is 0.269. The second-order valence-corrected chi connectivity index (χ2v) is 4.46. The van der Waals surface area contributed by atoms with Gasteiger partial charge >= 0.3 is 0 Å². The Morgan fingerprint density at radius 1 is 1.53 bits per heavy atom. The predicted molar refractivity (Wildman–Crippen MR) is 65.5 cm³/mol. The van der Waals surface area contributed by atoms with E-state index in [2.05, 4.69) is 17.2 Å². The van der Waals surface area contributed by atoms with Gasteiger partial charge < -0.3 is 5.32 Å².